The molecular weight excluding hydrogens is 364 g/mol. The highest BCUT2D eigenvalue weighted by atomic mass is 35.5. The Morgan fingerprint density at radius 2 is 2.04 bits per heavy atom. The van der Waals surface area contributed by atoms with Crippen molar-refractivity contribution in [2.75, 3.05) is 5.75 Å². The summed E-state index contributed by atoms with van der Waals surface area (Å²) in [6, 6.07) is 4.95. The highest BCUT2D eigenvalue weighted by Gasteiger charge is 2.14. The second-order valence-corrected chi connectivity index (χ2v) is 7.26. The molecule has 0 aliphatic rings. The molecule has 134 valence electrons. The van der Waals surface area contributed by atoms with Crippen LogP contribution in [0.25, 0.3) is 10.9 Å². The molecule has 0 atom stereocenters. The largest absolute Gasteiger partial charge is 0.287 e. The Kier molecular flexibility index (Phi) is 6.44. The SMILES string of the molecule is CC(=O)NNC(=O)CSc1nc2ccc(Cl)cc2c(=O)n1CC(C)C. The Bertz CT molecular complexity index is 866. The number of carbonyl (C=O) groups excluding carboxylic acids is 2. The van der Waals surface area contributed by atoms with Gasteiger partial charge in [-0.05, 0) is 24.1 Å². The quantitative estimate of drug-likeness (QED) is 0.468. The van der Waals surface area contributed by atoms with Gasteiger partial charge in [-0.15, -0.1) is 0 Å². The summed E-state index contributed by atoms with van der Waals surface area (Å²) in [6.07, 6.45) is 0. The molecule has 1 heterocycles. The third-order valence-corrected chi connectivity index (χ3v) is 4.35. The Hall–Kier alpha value is -2.06. The third-order valence-electron chi connectivity index (χ3n) is 3.14. The zero-order chi connectivity index (χ0) is 18.6. The molecule has 1 aromatic heterocycles. The molecule has 2 aromatic rings. The van der Waals surface area contributed by atoms with E-state index in [0.717, 1.165) is 11.8 Å². The van der Waals surface area contributed by atoms with E-state index in [9.17, 15) is 14.4 Å². The number of nitrogens with zero attached hydrogens (tertiary/aromatic N) is 2. The van der Waals surface area contributed by atoms with Gasteiger partial charge >= 0.3 is 0 Å². The molecule has 0 spiro atoms. The van der Waals surface area contributed by atoms with Gasteiger partial charge in [0.1, 0.15) is 0 Å². The van der Waals surface area contributed by atoms with Crippen molar-refractivity contribution in [1.82, 2.24) is 20.4 Å². The minimum atomic E-state index is -0.387. The number of hydrogen-bond acceptors (Lipinski definition) is 5. The number of nitrogens with one attached hydrogen (secondary N) is 2. The van der Waals surface area contributed by atoms with Crippen molar-refractivity contribution in [1.29, 1.82) is 0 Å². The first kappa shape index (κ1) is 19.3. The molecule has 0 saturated carbocycles. The van der Waals surface area contributed by atoms with Crippen molar-refractivity contribution in [3.63, 3.8) is 0 Å². The van der Waals surface area contributed by atoms with Crippen LogP contribution in [-0.4, -0.2) is 27.1 Å². The summed E-state index contributed by atoms with van der Waals surface area (Å²) in [5, 5.41) is 1.37. The van der Waals surface area contributed by atoms with Crippen LogP contribution in [0.3, 0.4) is 0 Å². The number of benzene rings is 1. The molecule has 0 radical (unpaired) electrons. The predicted molar refractivity (Wildman–Crippen MR) is 98.5 cm³/mol. The smallest absolute Gasteiger partial charge is 0.262 e. The minimum Gasteiger partial charge on any atom is -0.287 e. The second-order valence-electron chi connectivity index (χ2n) is 5.88. The van der Waals surface area contributed by atoms with Crippen molar-refractivity contribution in [3.05, 3.63) is 33.6 Å². The molecule has 25 heavy (non-hydrogen) atoms. The summed E-state index contributed by atoms with van der Waals surface area (Å²) < 4.78 is 1.56. The van der Waals surface area contributed by atoms with Gasteiger partial charge in [-0.3, -0.25) is 29.8 Å². The minimum absolute atomic E-state index is 0.0178. The molecule has 0 aliphatic carbocycles. The number of hydrogen-bond donors (Lipinski definition) is 2. The molecular formula is C16H19ClN4O3S. The van der Waals surface area contributed by atoms with E-state index < -0.39 is 0 Å². The fourth-order valence-electron chi connectivity index (χ4n) is 2.13. The van der Waals surface area contributed by atoms with Crippen molar-refractivity contribution in [2.24, 2.45) is 5.92 Å². The lowest BCUT2D eigenvalue weighted by molar-refractivity contribution is -0.126. The molecule has 0 aliphatic heterocycles. The van der Waals surface area contributed by atoms with Gasteiger partial charge in [0.25, 0.3) is 5.56 Å². The normalized spacial score (nSPS) is 10.9. The summed E-state index contributed by atoms with van der Waals surface area (Å²) in [5.41, 5.74) is 4.84. The Balaban J connectivity index is 2.33. The third kappa shape index (κ3) is 5.20. The van der Waals surface area contributed by atoms with Crippen molar-refractivity contribution < 1.29 is 9.59 Å². The second kappa shape index (κ2) is 8.35. The van der Waals surface area contributed by atoms with E-state index in [1.54, 1.807) is 22.8 Å². The number of fused-ring (bicyclic) bond motifs is 1. The monoisotopic (exact) mass is 382 g/mol. The van der Waals surface area contributed by atoms with Crippen LogP contribution in [0.1, 0.15) is 20.8 Å². The molecule has 0 saturated heterocycles. The van der Waals surface area contributed by atoms with Crippen LogP contribution in [0.15, 0.2) is 28.2 Å². The number of amides is 2. The summed E-state index contributed by atoms with van der Waals surface area (Å²) in [5.74, 6) is -0.509. The standard InChI is InChI=1S/C16H19ClN4O3S/c1-9(2)7-21-15(24)12-6-11(17)4-5-13(12)18-16(21)25-8-14(23)20-19-10(3)22/h4-6,9H,7-8H2,1-3H3,(H,19,22)(H,20,23). The van der Waals surface area contributed by atoms with E-state index in [1.807, 2.05) is 13.8 Å². The molecule has 2 rings (SSSR count). The van der Waals surface area contributed by atoms with E-state index >= 15 is 0 Å². The van der Waals surface area contributed by atoms with E-state index in [0.29, 0.717) is 27.6 Å². The Morgan fingerprint density at radius 1 is 1.32 bits per heavy atom. The fourth-order valence-corrected chi connectivity index (χ4v) is 3.11. The number of rotatable bonds is 5. The van der Waals surface area contributed by atoms with Gasteiger partial charge in [-0.25, -0.2) is 4.98 Å². The van der Waals surface area contributed by atoms with Crippen molar-refractivity contribution in [2.45, 2.75) is 32.5 Å². The predicted octanol–water partition coefficient (Wildman–Crippen LogP) is 1.97. The summed E-state index contributed by atoms with van der Waals surface area (Å²) in [7, 11) is 0. The van der Waals surface area contributed by atoms with Gasteiger partial charge in [-0.1, -0.05) is 37.2 Å². The molecule has 0 fully saturated rings. The molecule has 1 aromatic carbocycles. The van der Waals surface area contributed by atoms with Crippen LogP contribution in [0.4, 0.5) is 0 Å². The van der Waals surface area contributed by atoms with Crippen LogP contribution in [0.2, 0.25) is 5.02 Å². The summed E-state index contributed by atoms with van der Waals surface area (Å²) in [6.45, 7) is 5.76. The van der Waals surface area contributed by atoms with Crippen molar-refractivity contribution in [3.8, 4) is 0 Å². The van der Waals surface area contributed by atoms with E-state index in [-0.39, 0.29) is 29.0 Å². The van der Waals surface area contributed by atoms with Gasteiger partial charge in [0.05, 0.1) is 16.7 Å². The molecule has 9 heteroatoms. The summed E-state index contributed by atoms with van der Waals surface area (Å²) in [4.78, 5) is 39.9. The van der Waals surface area contributed by atoms with Gasteiger partial charge in [-0.2, -0.15) is 0 Å². The van der Waals surface area contributed by atoms with Crippen LogP contribution in [-0.2, 0) is 16.1 Å². The maximum absolute atomic E-state index is 12.8. The van der Waals surface area contributed by atoms with Gasteiger partial charge < -0.3 is 0 Å². The number of carbonyl (C=O) groups is 2. The summed E-state index contributed by atoms with van der Waals surface area (Å²) >= 11 is 7.12. The van der Waals surface area contributed by atoms with E-state index in [1.165, 1.54) is 6.92 Å². The first-order chi connectivity index (χ1) is 11.8. The Morgan fingerprint density at radius 3 is 2.68 bits per heavy atom. The number of aromatic nitrogens is 2. The number of halogens is 1. The Labute approximate surface area is 154 Å². The zero-order valence-electron chi connectivity index (χ0n) is 14.1. The molecule has 0 unspecified atom stereocenters. The zero-order valence-corrected chi connectivity index (χ0v) is 15.7. The maximum atomic E-state index is 12.8. The maximum Gasteiger partial charge on any atom is 0.262 e. The molecule has 2 N–H and O–H groups in total. The van der Waals surface area contributed by atoms with Crippen LogP contribution >= 0.6 is 23.4 Å². The first-order valence-electron chi connectivity index (χ1n) is 7.66. The number of thioether (sulfide) groups is 1. The lowest BCUT2D eigenvalue weighted by Crippen LogP contribution is -2.41. The first-order valence-corrected chi connectivity index (χ1v) is 9.02. The van der Waals surface area contributed by atoms with E-state index in [2.05, 4.69) is 15.8 Å². The highest BCUT2D eigenvalue weighted by Crippen LogP contribution is 2.21. The van der Waals surface area contributed by atoms with Gasteiger partial charge in [0, 0.05) is 18.5 Å². The lowest BCUT2D eigenvalue weighted by atomic mass is 10.2. The highest BCUT2D eigenvalue weighted by molar-refractivity contribution is 7.99. The van der Waals surface area contributed by atoms with Crippen LogP contribution < -0.4 is 16.4 Å². The molecule has 0 bridgehead atoms. The fraction of sp³-hybridized carbons (Fsp3) is 0.375. The van der Waals surface area contributed by atoms with Gasteiger partial charge in [0.15, 0.2) is 5.16 Å². The molecule has 7 nitrogen and oxygen atoms in total. The average molecular weight is 383 g/mol. The number of hydrazine groups is 1. The average Bonchev–Trinajstić information content (AvgIpc) is 2.54. The van der Waals surface area contributed by atoms with Gasteiger partial charge in [0.2, 0.25) is 11.8 Å². The van der Waals surface area contributed by atoms with Crippen molar-refractivity contribution >= 4 is 46.1 Å². The lowest BCUT2D eigenvalue weighted by Gasteiger charge is -2.15. The van der Waals surface area contributed by atoms with Crippen LogP contribution in [0.5, 0.6) is 0 Å². The van der Waals surface area contributed by atoms with Crippen LogP contribution in [0, 0.1) is 5.92 Å². The topological polar surface area (TPSA) is 93.1 Å². The molecule has 2 amide bonds. The van der Waals surface area contributed by atoms with E-state index in [4.69, 9.17) is 11.6 Å².